The molecule has 19 heavy (non-hydrogen) atoms. The quantitative estimate of drug-likeness (QED) is 0.368. The van der Waals surface area contributed by atoms with E-state index >= 15 is 0 Å². The second-order valence-electron chi connectivity index (χ2n) is 4.28. The minimum Gasteiger partial charge on any atom is -0.427 e. The van der Waals surface area contributed by atoms with Gasteiger partial charge in [0, 0.05) is 23.8 Å². The number of rotatable bonds is 0. The van der Waals surface area contributed by atoms with Crippen LogP contribution in [0.2, 0.25) is 0 Å². The molecule has 0 aliphatic heterocycles. The molecule has 0 aliphatic rings. The number of aromatic nitrogens is 4. The molecule has 3 aromatic heterocycles. The van der Waals surface area contributed by atoms with Gasteiger partial charge >= 0.3 is 0 Å². The summed E-state index contributed by atoms with van der Waals surface area (Å²) in [4.78, 5) is 23.6. The van der Waals surface area contributed by atoms with E-state index in [0.717, 1.165) is 10.1 Å². The SMILES string of the molecule is O=c1cc[nH]c2c3ncccc3c3ncn(O)c3c12. The first kappa shape index (κ1) is 10.1. The van der Waals surface area contributed by atoms with Crippen LogP contribution in [0.25, 0.3) is 32.8 Å². The van der Waals surface area contributed by atoms with Gasteiger partial charge < -0.3 is 10.2 Å². The van der Waals surface area contributed by atoms with Crippen molar-refractivity contribution in [3.8, 4) is 0 Å². The summed E-state index contributed by atoms with van der Waals surface area (Å²) in [5, 5.41) is 11.1. The van der Waals surface area contributed by atoms with Crippen LogP contribution in [0, 0.1) is 0 Å². The molecular formula is C13H8N4O2. The molecule has 4 aromatic rings. The molecule has 0 spiro atoms. The summed E-state index contributed by atoms with van der Waals surface area (Å²) in [6.45, 7) is 0. The number of imidazole rings is 1. The van der Waals surface area contributed by atoms with Crippen molar-refractivity contribution in [2.45, 2.75) is 0 Å². The van der Waals surface area contributed by atoms with Crippen molar-refractivity contribution in [2.24, 2.45) is 0 Å². The highest BCUT2D eigenvalue weighted by Gasteiger charge is 2.16. The van der Waals surface area contributed by atoms with Crippen LogP contribution < -0.4 is 5.43 Å². The largest absolute Gasteiger partial charge is 0.427 e. The summed E-state index contributed by atoms with van der Waals surface area (Å²) in [5.41, 5.74) is 2.06. The molecule has 0 amide bonds. The summed E-state index contributed by atoms with van der Waals surface area (Å²) in [6.07, 6.45) is 4.51. The maximum absolute atomic E-state index is 12.1. The van der Waals surface area contributed by atoms with Gasteiger partial charge in [-0.2, -0.15) is 4.73 Å². The highest BCUT2D eigenvalue weighted by molar-refractivity contribution is 6.20. The number of nitrogens with zero attached hydrogens (tertiary/aromatic N) is 3. The normalized spacial score (nSPS) is 11.6. The van der Waals surface area contributed by atoms with E-state index in [1.165, 1.54) is 12.4 Å². The second kappa shape index (κ2) is 3.32. The van der Waals surface area contributed by atoms with Gasteiger partial charge in [0.1, 0.15) is 17.4 Å². The van der Waals surface area contributed by atoms with Crippen molar-refractivity contribution in [1.82, 2.24) is 19.7 Å². The van der Waals surface area contributed by atoms with Crippen LogP contribution in [-0.4, -0.2) is 24.9 Å². The third-order valence-electron chi connectivity index (χ3n) is 3.24. The molecule has 3 heterocycles. The standard InChI is InChI=1S/C13H8N4O2/c18-8-3-5-15-12-9(8)13-11(16-6-17(13)19)7-2-1-4-14-10(7)12/h1-6,19H,(H,15,18). The molecule has 0 bridgehead atoms. The number of aromatic amines is 1. The summed E-state index contributed by atoms with van der Waals surface area (Å²) >= 11 is 0. The number of hydrogen-bond donors (Lipinski definition) is 2. The minimum atomic E-state index is -0.179. The topological polar surface area (TPSA) is 83.8 Å². The summed E-state index contributed by atoms with van der Waals surface area (Å²) in [7, 11) is 0. The first-order valence-electron chi connectivity index (χ1n) is 5.72. The average molecular weight is 252 g/mol. The van der Waals surface area contributed by atoms with Gasteiger partial charge in [0.05, 0.1) is 16.4 Å². The lowest BCUT2D eigenvalue weighted by Crippen LogP contribution is -2.04. The third kappa shape index (κ3) is 1.17. The molecule has 4 rings (SSSR count). The number of nitrogens with one attached hydrogen (secondary N) is 1. The number of benzene rings is 1. The maximum Gasteiger partial charge on any atom is 0.191 e. The molecular weight excluding hydrogens is 244 g/mol. The van der Waals surface area contributed by atoms with Gasteiger partial charge in [-0.05, 0) is 12.1 Å². The fraction of sp³-hybridized carbons (Fsp3) is 0. The molecule has 0 saturated heterocycles. The number of fused-ring (bicyclic) bond motifs is 6. The van der Waals surface area contributed by atoms with Gasteiger partial charge in [0.2, 0.25) is 0 Å². The Morgan fingerprint density at radius 1 is 1.21 bits per heavy atom. The van der Waals surface area contributed by atoms with Gasteiger partial charge in [0.25, 0.3) is 0 Å². The number of hydrogen-bond acceptors (Lipinski definition) is 4. The fourth-order valence-electron chi connectivity index (χ4n) is 2.47. The number of H-pyrrole nitrogens is 1. The lowest BCUT2D eigenvalue weighted by atomic mass is 10.1. The van der Waals surface area contributed by atoms with Crippen LogP contribution in [0.15, 0.2) is 41.7 Å². The molecule has 0 fully saturated rings. The van der Waals surface area contributed by atoms with E-state index in [2.05, 4.69) is 15.0 Å². The molecule has 6 nitrogen and oxygen atoms in total. The Morgan fingerprint density at radius 3 is 3.00 bits per heavy atom. The van der Waals surface area contributed by atoms with Crippen LogP contribution in [0.3, 0.4) is 0 Å². The second-order valence-corrected chi connectivity index (χ2v) is 4.28. The van der Waals surface area contributed by atoms with E-state index < -0.39 is 0 Å². The maximum atomic E-state index is 12.1. The first-order valence-corrected chi connectivity index (χ1v) is 5.72. The van der Waals surface area contributed by atoms with Crippen molar-refractivity contribution in [2.75, 3.05) is 0 Å². The summed E-state index contributed by atoms with van der Waals surface area (Å²) in [6, 6.07) is 5.08. The van der Waals surface area contributed by atoms with Gasteiger partial charge in [-0.15, -0.1) is 0 Å². The predicted molar refractivity (Wildman–Crippen MR) is 70.3 cm³/mol. The van der Waals surface area contributed by atoms with Crippen molar-refractivity contribution >= 4 is 32.8 Å². The number of pyridine rings is 2. The van der Waals surface area contributed by atoms with Crippen LogP contribution in [-0.2, 0) is 0 Å². The summed E-state index contributed by atoms with van der Waals surface area (Å²) in [5.74, 6) is 0. The highest BCUT2D eigenvalue weighted by atomic mass is 16.5. The zero-order valence-corrected chi connectivity index (χ0v) is 9.66. The van der Waals surface area contributed by atoms with E-state index in [1.807, 2.05) is 6.07 Å². The van der Waals surface area contributed by atoms with E-state index in [-0.39, 0.29) is 5.43 Å². The molecule has 0 unspecified atom stereocenters. The Morgan fingerprint density at radius 2 is 2.11 bits per heavy atom. The van der Waals surface area contributed by atoms with E-state index in [0.29, 0.717) is 27.5 Å². The van der Waals surface area contributed by atoms with Crippen LogP contribution in [0.5, 0.6) is 0 Å². The van der Waals surface area contributed by atoms with Crippen molar-refractivity contribution in [1.29, 1.82) is 0 Å². The van der Waals surface area contributed by atoms with E-state index in [4.69, 9.17) is 0 Å². The van der Waals surface area contributed by atoms with Gasteiger partial charge in [-0.3, -0.25) is 9.78 Å². The molecule has 92 valence electrons. The molecule has 6 heteroatoms. The molecule has 1 aromatic carbocycles. The van der Waals surface area contributed by atoms with Crippen LogP contribution in [0.4, 0.5) is 0 Å². The predicted octanol–water partition coefficient (Wildman–Crippen LogP) is 1.66. The molecule has 2 N–H and O–H groups in total. The molecule has 0 radical (unpaired) electrons. The van der Waals surface area contributed by atoms with Crippen molar-refractivity contribution in [3.63, 3.8) is 0 Å². The van der Waals surface area contributed by atoms with Crippen molar-refractivity contribution in [3.05, 3.63) is 47.1 Å². The third-order valence-corrected chi connectivity index (χ3v) is 3.24. The zero-order valence-electron chi connectivity index (χ0n) is 9.66. The summed E-state index contributed by atoms with van der Waals surface area (Å²) < 4.78 is 0.874. The van der Waals surface area contributed by atoms with Crippen molar-refractivity contribution < 1.29 is 5.21 Å². The van der Waals surface area contributed by atoms with Gasteiger partial charge in [0.15, 0.2) is 5.43 Å². The van der Waals surface area contributed by atoms with Crippen LogP contribution >= 0.6 is 0 Å². The zero-order chi connectivity index (χ0) is 13.0. The van der Waals surface area contributed by atoms with E-state index in [9.17, 15) is 10.0 Å². The Kier molecular flexibility index (Phi) is 1.76. The fourth-order valence-corrected chi connectivity index (χ4v) is 2.47. The van der Waals surface area contributed by atoms with Gasteiger partial charge in [-0.1, -0.05) is 0 Å². The Labute approximate surface area is 105 Å². The Balaban J connectivity index is 2.53. The first-order chi connectivity index (χ1) is 9.27. The highest BCUT2D eigenvalue weighted by Crippen LogP contribution is 2.29. The van der Waals surface area contributed by atoms with E-state index in [1.54, 1.807) is 18.5 Å². The lowest BCUT2D eigenvalue weighted by molar-refractivity contribution is 0.198. The monoisotopic (exact) mass is 252 g/mol. The minimum absolute atomic E-state index is 0.179. The molecule has 0 atom stereocenters. The smallest absolute Gasteiger partial charge is 0.191 e. The average Bonchev–Trinajstić information content (AvgIpc) is 2.82. The molecule has 0 saturated carbocycles. The van der Waals surface area contributed by atoms with Gasteiger partial charge in [-0.25, -0.2) is 4.98 Å². The Bertz CT molecular complexity index is 1000. The lowest BCUT2D eigenvalue weighted by Gasteiger charge is -2.05. The molecule has 0 aliphatic carbocycles. The van der Waals surface area contributed by atoms with Crippen LogP contribution in [0.1, 0.15) is 0 Å². The Hall–Kier alpha value is -2.89.